The highest BCUT2D eigenvalue weighted by atomic mass is 16.5. The molecule has 3 rings (SSSR count). The molecular formula is C19H23N5O2. The molecule has 1 atom stereocenters. The summed E-state index contributed by atoms with van der Waals surface area (Å²) in [6, 6.07) is 9.21. The van der Waals surface area contributed by atoms with Crippen molar-refractivity contribution >= 4 is 5.91 Å². The number of ether oxygens (including phenoxy) is 1. The Morgan fingerprint density at radius 3 is 2.92 bits per heavy atom. The SMILES string of the molecule is CCCn1nccc1C(=O)N[C@H](C)c1cnn(-c2cccc(OC)c2)c1. The highest BCUT2D eigenvalue weighted by molar-refractivity contribution is 5.92. The van der Waals surface area contributed by atoms with Gasteiger partial charge in [-0.25, -0.2) is 4.68 Å². The molecule has 1 aromatic carbocycles. The van der Waals surface area contributed by atoms with E-state index in [4.69, 9.17) is 4.74 Å². The van der Waals surface area contributed by atoms with E-state index in [2.05, 4.69) is 22.4 Å². The zero-order valence-electron chi connectivity index (χ0n) is 15.2. The molecule has 0 unspecified atom stereocenters. The first-order chi connectivity index (χ1) is 12.6. The van der Waals surface area contributed by atoms with Crippen molar-refractivity contribution in [2.45, 2.75) is 32.9 Å². The summed E-state index contributed by atoms with van der Waals surface area (Å²) in [4.78, 5) is 12.5. The van der Waals surface area contributed by atoms with E-state index in [1.807, 2.05) is 37.4 Å². The van der Waals surface area contributed by atoms with Gasteiger partial charge in [0.05, 0.1) is 25.0 Å². The molecule has 0 fully saturated rings. The molecule has 136 valence electrons. The summed E-state index contributed by atoms with van der Waals surface area (Å²) in [5.41, 5.74) is 2.39. The van der Waals surface area contributed by atoms with Crippen molar-refractivity contribution in [2.24, 2.45) is 0 Å². The molecule has 7 heteroatoms. The van der Waals surface area contributed by atoms with Crippen molar-refractivity contribution in [3.63, 3.8) is 0 Å². The molecule has 0 saturated carbocycles. The van der Waals surface area contributed by atoms with Crippen LogP contribution in [0.25, 0.3) is 5.69 Å². The molecular weight excluding hydrogens is 330 g/mol. The van der Waals surface area contributed by atoms with Gasteiger partial charge in [0.1, 0.15) is 11.4 Å². The molecule has 0 spiro atoms. The minimum atomic E-state index is -0.174. The van der Waals surface area contributed by atoms with Crippen LogP contribution >= 0.6 is 0 Å². The third-order valence-electron chi connectivity index (χ3n) is 4.15. The quantitative estimate of drug-likeness (QED) is 0.709. The van der Waals surface area contributed by atoms with Crippen LogP contribution in [0.15, 0.2) is 48.9 Å². The van der Waals surface area contributed by atoms with Gasteiger partial charge < -0.3 is 10.1 Å². The van der Waals surface area contributed by atoms with Crippen LogP contribution in [0.1, 0.15) is 42.4 Å². The Labute approximate surface area is 152 Å². The number of amides is 1. The van der Waals surface area contributed by atoms with E-state index in [0.717, 1.165) is 30.0 Å². The van der Waals surface area contributed by atoms with Crippen molar-refractivity contribution < 1.29 is 9.53 Å². The molecule has 0 aliphatic rings. The van der Waals surface area contributed by atoms with Crippen LogP contribution in [0, 0.1) is 0 Å². The van der Waals surface area contributed by atoms with Gasteiger partial charge >= 0.3 is 0 Å². The monoisotopic (exact) mass is 353 g/mol. The van der Waals surface area contributed by atoms with Gasteiger partial charge in [-0.3, -0.25) is 9.48 Å². The summed E-state index contributed by atoms with van der Waals surface area (Å²) in [6.45, 7) is 4.71. The summed E-state index contributed by atoms with van der Waals surface area (Å²) < 4.78 is 8.74. The smallest absolute Gasteiger partial charge is 0.270 e. The molecule has 1 N–H and O–H groups in total. The van der Waals surface area contributed by atoms with Crippen LogP contribution in [0.2, 0.25) is 0 Å². The average molecular weight is 353 g/mol. The normalized spacial score (nSPS) is 12.0. The first-order valence-corrected chi connectivity index (χ1v) is 8.64. The molecule has 0 aliphatic heterocycles. The van der Waals surface area contributed by atoms with E-state index >= 15 is 0 Å². The Kier molecular flexibility index (Phi) is 5.36. The lowest BCUT2D eigenvalue weighted by molar-refractivity contribution is 0.0928. The van der Waals surface area contributed by atoms with Gasteiger partial charge in [0.15, 0.2) is 0 Å². The standard InChI is InChI=1S/C19H23N5O2/c1-4-10-23-18(8-9-20-23)19(25)22-14(2)15-12-21-24(13-15)16-6-5-7-17(11-16)26-3/h5-9,11-14H,4,10H2,1-3H3,(H,22,25)/t14-/m1/s1. The lowest BCUT2D eigenvalue weighted by Gasteiger charge is -2.13. The molecule has 0 aliphatic carbocycles. The second-order valence-corrected chi connectivity index (χ2v) is 6.05. The molecule has 3 aromatic rings. The summed E-state index contributed by atoms with van der Waals surface area (Å²) in [5, 5.41) is 11.6. The third kappa shape index (κ3) is 3.77. The Bertz CT molecular complexity index is 883. The zero-order chi connectivity index (χ0) is 18.5. The molecule has 2 aromatic heterocycles. The second-order valence-electron chi connectivity index (χ2n) is 6.05. The number of aromatic nitrogens is 4. The fourth-order valence-corrected chi connectivity index (χ4v) is 2.72. The minimum Gasteiger partial charge on any atom is -0.497 e. The summed E-state index contributed by atoms with van der Waals surface area (Å²) in [6.07, 6.45) is 6.23. The zero-order valence-corrected chi connectivity index (χ0v) is 15.2. The molecule has 1 amide bonds. The predicted molar refractivity (Wildman–Crippen MR) is 98.5 cm³/mol. The van der Waals surface area contributed by atoms with Crippen molar-refractivity contribution in [1.29, 1.82) is 0 Å². The van der Waals surface area contributed by atoms with Gasteiger partial charge in [-0.1, -0.05) is 13.0 Å². The van der Waals surface area contributed by atoms with E-state index < -0.39 is 0 Å². The molecule has 0 bridgehead atoms. The molecule has 0 radical (unpaired) electrons. The molecule has 26 heavy (non-hydrogen) atoms. The Morgan fingerprint density at radius 2 is 2.15 bits per heavy atom. The fraction of sp³-hybridized carbons (Fsp3) is 0.316. The maximum absolute atomic E-state index is 12.5. The Morgan fingerprint density at radius 1 is 1.31 bits per heavy atom. The average Bonchev–Trinajstić information content (AvgIpc) is 3.31. The number of hydrogen-bond acceptors (Lipinski definition) is 4. The van der Waals surface area contributed by atoms with E-state index in [-0.39, 0.29) is 11.9 Å². The van der Waals surface area contributed by atoms with Crippen molar-refractivity contribution in [2.75, 3.05) is 7.11 Å². The first-order valence-electron chi connectivity index (χ1n) is 8.64. The maximum Gasteiger partial charge on any atom is 0.270 e. The van der Waals surface area contributed by atoms with Crippen LogP contribution in [-0.4, -0.2) is 32.6 Å². The number of methoxy groups -OCH3 is 1. The largest absolute Gasteiger partial charge is 0.497 e. The topological polar surface area (TPSA) is 74.0 Å². The number of nitrogens with zero attached hydrogens (tertiary/aromatic N) is 4. The first kappa shape index (κ1) is 17.7. The fourth-order valence-electron chi connectivity index (χ4n) is 2.72. The van der Waals surface area contributed by atoms with Gasteiger partial charge in [-0.15, -0.1) is 0 Å². The number of aryl methyl sites for hydroxylation is 1. The molecule has 7 nitrogen and oxygen atoms in total. The van der Waals surface area contributed by atoms with Gasteiger partial charge in [-0.05, 0) is 31.5 Å². The predicted octanol–water partition coefficient (Wildman–Crippen LogP) is 2.98. The number of carbonyl (C=O) groups excluding carboxylic acids is 1. The third-order valence-corrected chi connectivity index (χ3v) is 4.15. The number of benzene rings is 1. The summed E-state index contributed by atoms with van der Waals surface area (Å²) in [7, 11) is 1.63. The minimum absolute atomic E-state index is 0.141. The van der Waals surface area contributed by atoms with Crippen molar-refractivity contribution in [3.8, 4) is 11.4 Å². The lowest BCUT2D eigenvalue weighted by Crippen LogP contribution is -2.28. The van der Waals surface area contributed by atoms with Crippen molar-refractivity contribution in [3.05, 3.63) is 60.2 Å². The van der Waals surface area contributed by atoms with E-state index in [9.17, 15) is 4.79 Å². The Hall–Kier alpha value is -3.09. The van der Waals surface area contributed by atoms with Crippen LogP contribution < -0.4 is 10.1 Å². The number of carbonyl (C=O) groups is 1. The highest BCUT2D eigenvalue weighted by Gasteiger charge is 2.16. The van der Waals surface area contributed by atoms with Gasteiger partial charge in [0, 0.05) is 30.6 Å². The van der Waals surface area contributed by atoms with Crippen molar-refractivity contribution in [1.82, 2.24) is 24.9 Å². The lowest BCUT2D eigenvalue weighted by atomic mass is 10.2. The van der Waals surface area contributed by atoms with E-state index in [1.165, 1.54) is 0 Å². The van der Waals surface area contributed by atoms with Crippen LogP contribution in [0.5, 0.6) is 5.75 Å². The highest BCUT2D eigenvalue weighted by Crippen LogP contribution is 2.18. The van der Waals surface area contributed by atoms with E-state index in [1.54, 1.807) is 34.9 Å². The molecule has 0 saturated heterocycles. The number of rotatable bonds is 7. The van der Waals surface area contributed by atoms with Crippen LogP contribution in [-0.2, 0) is 6.54 Å². The van der Waals surface area contributed by atoms with Gasteiger partial charge in [0.25, 0.3) is 5.91 Å². The summed E-state index contributed by atoms with van der Waals surface area (Å²) in [5.74, 6) is 0.627. The van der Waals surface area contributed by atoms with Gasteiger partial charge in [-0.2, -0.15) is 10.2 Å². The van der Waals surface area contributed by atoms with Crippen LogP contribution in [0.4, 0.5) is 0 Å². The second kappa shape index (κ2) is 7.86. The Balaban J connectivity index is 1.72. The van der Waals surface area contributed by atoms with E-state index in [0.29, 0.717) is 5.69 Å². The number of nitrogens with one attached hydrogen (secondary N) is 1. The maximum atomic E-state index is 12.5. The van der Waals surface area contributed by atoms with Gasteiger partial charge in [0.2, 0.25) is 0 Å². The summed E-state index contributed by atoms with van der Waals surface area (Å²) >= 11 is 0. The molecule has 2 heterocycles. The number of hydrogen-bond donors (Lipinski definition) is 1. The van der Waals surface area contributed by atoms with Crippen LogP contribution in [0.3, 0.4) is 0 Å².